The molecule has 4 rings (SSSR count). The van der Waals surface area contributed by atoms with E-state index in [0.29, 0.717) is 44.9 Å². The van der Waals surface area contributed by atoms with Crippen LogP contribution in [0.1, 0.15) is 37.7 Å². The van der Waals surface area contributed by atoms with Gasteiger partial charge in [-0.15, -0.1) is 0 Å². The number of hydrogen-bond acceptors (Lipinski definition) is 3. The summed E-state index contributed by atoms with van der Waals surface area (Å²) in [6, 6.07) is 4.92. The molecule has 1 fully saturated rings. The van der Waals surface area contributed by atoms with Gasteiger partial charge in [-0.2, -0.15) is 0 Å². The number of piperidine rings is 1. The summed E-state index contributed by atoms with van der Waals surface area (Å²) >= 11 is 6.13. The van der Waals surface area contributed by atoms with Gasteiger partial charge in [0, 0.05) is 33.1 Å². The van der Waals surface area contributed by atoms with Crippen LogP contribution in [0.5, 0.6) is 0 Å². The van der Waals surface area contributed by atoms with E-state index in [4.69, 9.17) is 11.6 Å². The van der Waals surface area contributed by atoms with E-state index in [1.165, 1.54) is 6.07 Å². The van der Waals surface area contributed by atoms with Crippen LogP contribution in [0, 0.1) is 5.82 Å². The summed E-state index contributed by atoms with van der Waals surface area (Å²) in [6.45, 7) is 4.51. The molecule has 2 amide bonds. The molecule has 0 radical (unpaired) electrons. The molecule has 0 saturated carbocycles. The molecule has 7 heteroatoms. The number of hydrogen-bond donors (Lipinski definition) is 0. The van der Waals surface area contributed by atoms with Crippen LogP contribution < -0.4 is 0 Å². The summed E-state index contributed by atoms with van der Waals surface area (Å²) in [4.78, 5) is 32.8. The molecule has 3 aliphatic rings. The van der Waals surface area contributed by atoms with Gasteiger partial charge in [0.05, 0.1) is 11.6 Å². The Labute approximate surface area is 168 Å². The molecule has 1 aromatic carbocycles. The quantitative estimate of drug-likeness (QED) is 0.761. The summed E-state index contributed by atoms with van der Waals surface area (Å²) in [5, 5.41) is 0.194. The van der Waals surface area contributed by atoms with Crippen LogP contribution in [0.3, 0.4) is 0 Å². The SMILES string of the molecule is CC(=O)N1CCC2=C(CN=C2C(=O)N2CCC(c3cccc(F)c3Cl)CC2)C1. The predicted molar refractivity (Wildman–Crippen MR) is 106 cm³/mol. The summed E-state index contributed by atoms with van der Waals surface area (Å²) in [6.07, 6.45) is 2.20. The van der Waals surface area contributed by atoms with E-state index >= 15 is 0 Å². The van der Waals surface area contributed by atoms with Gasteiger partial charge in [0.2, 0.25) is 5.91 Å². The fraction of sp³-hybridized carbons (Fsp3) is 0.476. The Kier molecular flexibility index (Phi) is 5.23. The van der Waals surface area contributed by atoms with E-state index in [1.807, 2.05) is 11.0 Å². The Morgan fingerprint density at radius 2 is 1.93 bits per heavy atom. The third-order valence-electron chi connectivity index (χ3n) is 6.01. The molecular weight excluding hydrogens is 381 g/mol. The van der Waals surface area contributed by atoms with Crippen molar-refractivity contribution in [3.8, 4) is 0 Å². The molecule has 28 heavy (non-hydrogen) atoms. The van der Waals surface area contributed by atoms with Crippen molar-refractivity contribution in [2.24, 2.45) is 4.99 Å². The van der Waals surface area contributed by atoms with Crippen molar-refractivity contribution < 1.29 is 14.0 Å². The molecule has 148 valence electrons. The maximum atomic E-state index is 13.7. The lowest BCUT2D eigenvalue weighted by Crippen LogP contribution is -2.43. The Morgan fingerprint density at radius 1 is 1.18 bits per heavy atom. The number of rotatable bonds is 2. The van der Waals surface area contributed by atoms with Crippen LogP contribution in [0.25, 0.3) is 0 Å². The van der Waals surface area contributed by atoms with E-state index < -0.39 is 5.82 Å². The van der Waals surface area contributed by atoms with Crippen LogP contribution in [0.4, 0.5) is 4.39 Å². The number of likely N-dealkylation sites (tertiary alicyclic amines) is 1. The van der Waals surface area contributed by atoms with E-state index in [2.05, 4.69) is 4.99 Å². The minimum absolute atomic E-state index is 0.0231. The van der Waals surface area contributed by atoms with E-state index in [9.17, 15) is 14.0 Å². The van der Waals surface area contributed by atoms with Gasteiger partial charge in [0.1, 0.15) is 11.5 Å². The molecular formula is C21H23ClFN3O2. The van der Waals surface area contributed by atoms with Gasteiger partial charge in [-0.1, -0.05) is 23.7 Å². The molecule has 0 aromatic heterocycles. The first kappa shape index (κ1) is 19.1. The minimum atomic E-state index is -0.394. The van der Waals surface area contributed by atoms with E-state index in [0.717, 1.165) is 29.6 Å². The Balaban J connectivity index is 1.41. The number of carbonyl (C=O) groups is 2. The third kappa shape index (κ3) is 3.46. The van der Waals surface area contributed by atoms with Crippen molar-refractivity contribution in [3.05, 3.63) is 45.7 Å². The lowest BCUT2D eigenvalue weighted by Gasteiger charge is -2.33. The van der Waals surface area contributed by atoms with Gasteiger partial charge in [0.15, 0.2) is 0 Å². The number of amides is 2. The normalized spacial score (nSPS) is 20.3. The van der Waals surface area contributed by atoms with Gasteiger partial charge in [-0.3, -0.25) is 14.6 Å². The summed E-state index contributed by atoms with van der Waals surface area (Å²) in [5.41, 5.74) is 3.51. The molecule has 0 unspecified atom stereocenters. The number of nitrogens with zero attached hydrogens (tertiary/aromatic N) is 3. The van der Waals surface area contributed by atoms with Crippen LogP contribution in [-0.4, -0.2) is 60.0 Å². The van der Waals surface area contributed by atoms with Gasteiger partial charge in [-0.25, -0.2) is 4.39 Å². The topological polar surface area (TPSA) is 53.0 Å². The van der Waals surface area contributed by atoms with Crippen LogP contribution in [0.2, 0.25) is 5.02 Å². The minimum Gasteiger partial charge on any atom is -0.339 e. The maximum Gasteiger partial charge on any atom is 0.272 e. The maximum absolute atomic E-state index is 13.7. The standard InChI is InChI=1S/C21H23ClFN3O2/c1-13(27)26-10-7-17-15(12-26)11-24-20(17)21(28)25-8-5-14(6-9-25)16-3-2-4-18(23)19(16)22/h2-4,14H,5-12H2,1H3. The van der Waals surface area contributed by atoms with E-state index in [1.54, 1.807) is 17.9 Å². The first-order valence-electron chi connectivity index (χ1n) is 9.70. The molecule has 0 aliphatic carbocycles. The molecule has 5 nitrogen and oxygen atoms in total. The molecule has 3 heterocycles. The van der Waals surface area contributed by atoms with Crippen molar-refractivity contribution in [1.82, 2.24) is 9.80 Å². The highest BCUT2D eigenvalue weighted by Crippen LogP contribution is 2.34. The second-order valence-corrected chi connectivity index (χ2v) is 8.02. The van der Waals surface area contributed by atoms with Crippen molar-refractivity contribution in [1.29, 1.82) is 0 Å². The second-order valence-electron chi connectivity index (χ2n) is 7.65. The van der Waals surface area contributed by atoms with Crippen LogP contribution in [0.15, 0.2) is 34.3 Å². The molecule has 1 saturated heterocycles. The number of halogens is 2. The van der Waals surface area contributed by atoms with Crippen molar-refractivity contribution in [2.75, 3.05) is 32.7 Å². The molecule has 0 N–H and O–H groups in total. The Hall–Kier alpha value is -2.21. The summed E-state index contributed by atoms with van der Waals surface area (Å²) in [5.74, 6) is -0.199. The summed E-state index contributed by atoms with van der Waals surface area (Å²) < 4.78 is 13.7. The largest absolute Gasteiger partial charge is 0.339 e. The molecule has 3 aliphatic heterocycles. The third-order valence-corrected chi connectivity index (χ3v) is 6.40. The summed E-state index contributed by atoms with van der Waals surface area (Å²) in [7, 11) is 0. The van der Waals surface area contributed by atoms with Gasteiger partial charge in [0.25, 0.3) is 5.91 Å². The van der Waals surface area contributed by atoms with Crippen LogP contribution >= 0.6 is 11.6 Å². The van der Waals surface area contributed by atoms with Gasteiger partial charge >= 0.3 is 0 Å². The predicted octanol–water partition coefficient (Wildman–Crippen LogP) is 3.19. The van der Waals surface area contributed by atoms with Crippen molar-refractivity contribution in [3.63, 3.8) is 0 Å². The molecule has 1 aromatic rings. The van der Waals surface area contributed by atoms with Crippen molar-refractivity contribution >= 4 is 29.1 Å². The zero-order chi connectivity index (χ0) is 19.8. The highest BCUT2D eigenvalue weighted by atomic mass is 35.5. The number of carbonyl (C=O) groups excluding carboxylic acids is 2. The lowest BCUT2D eigenvalue weighted by molar-refractivity contribution is -0.128. The first-order valence-corrected chi connectivity index (χ1v) is 10.1. The first-order chi connectivity index (χ1) is 13.5. The van der Waals surface area contributed by atoms with Gasteiger partial charge < -0.3 is 9.80 Å². The second kappa shape index (κ2) is 7.66. The smallest absolute Gasteiger partial charge is 0.272 e. The van der Waals surface area contributed by atoms with E-state index in [-0.39, 0.29) is 22.8 Å². The zero-order valence-electron chi connectivity index (χ0n) is 15.9. The lowest BCUT2D eigenvalue weighted by atomic mass is 9.89. The fourth-order valence-corrected chi connectivity index (χ4v) is 4.65. The number of aliphatic imine (C=N–C) groups is 1. The molecule has 0 atom stereocenters. The van der Waals surface area contributed by atoms with Gasteiger partial charge in [-0.05, 0) is 48.0 Å². The average molecular weight is 404 g/mol. The fourth-order valence-electron chi connectivity index (χ4n) is 4.37. The molecule has 0 spiro atoms. The zero-order valence-corrected chi connectivity index (χ0v) is 16.6. The Morgan fingerprint density at radius 3 is 2.64 bits per heavy atom. The Bertz CT molecular complexity index is 888. The molecule has 0 bridgehead atoms. The van der Waals surface area contributed by atoms with Crippen molar-refractivity contribution in [2.45, 2.75) is 32.1 Å². The highest BCUT2D eigenvalue weighted by Gasteiger charge is 2.34. The number of benzene rings is 1. The average Bonchev–Trinajstić information content (AvgIpc) is 3.13. The monoisotopic (exact) mass is 403 g/mol. The highest BCUT2D eigenvalue weighted by molar-refractivity contribution is 6.46. The van der Waals surface area contributed by atoms with Crippen LogP contribution in [-0.2, 0) is 9.59 Å².